The van der Waals surface area contributed by atoms with E-state index in [0.29, 0.717) is 12.1 Å². The summed E-state index contributed by atoms with van der Waals surface area (Å²) >= 11 is 0. The highest BCUT2D eigenvalue weighted by atomic mass is 16.6. The van der Waals surface area contributed by atoms with Crippen LogP contribution < -0.4 is 10.5 Å². The van der Waals surface area contributed by atoms with E-state index < -0.39 is 16.6 Å². The molecule has 0 aliphatic heterocycles. The minimum Gasteiger partial charge on any atom is -0.872 e. The minimum absolute atomic E-state index is 0.0110. The van der Waals surface area contributed by atoms with E-state index in [0.717, 1.165) is 30.0 Å². The molecule has 1 heterocycles. The summed E-state index contributed by atoms with van der Waals surface area (Å²) in [6.45, 7) is 0.518. The van der Waals surface area contributed by atoms with Crippen molar-refractivity contribution in [2.24, 2.45) is 5.10 Å². The number of carbonyl (C=O) groups excluding carboxylic acids is 1. The van der Waals surface area contributed by atoms with Crippen molar-refractivity contribution in [2.45, 2.75) is 6.54 Å². The maximum absolute atomic E-state index is 12.2. The summed E-state index contributed by atoms with van der Waals surface area (Å²) in [6.07, 6.45) is 4.57. The lowest BCUT2D eigenvalue weighted by Gasteiger charge is -2.08. The van der Waals surface area contributed by atoms with E-state index in [9.17, 15) is 20.0 Å². The monoisotopic (exact) mass is 364 g/mol. The summed E-state index contributed by atoms with van der Waals surface area (Å²) in [4.78, 5) is 22.4. The fourth-order valence-corrected chi connectivity index (χ4v) is 2.37. The quantitative estimate of drug-likeness (QED) is 0.404. The van der Waals surface area contributed by atoms with Crippen LogP contribution in [0.15, 0.2) is 66.0 Å². The van der Waals surface area contributed by atoms with Crippen molar-refractivity contribution in [3.63, 3.8) is 0 Å². The van der Waals surface area contributed by atoms with Gasteiger partial charge in [-0.25, -0.2) is 5.43 Å². The number of benzene rings is 2. The number of hydrazone groups is 1. The molecule has 0 aliphatic carbocycles. The summed E-state index contributed by atoms with van der Waals surface area (Å²) in [7, 11) is 0. The van der Waals surface area contributed by atoms with E-state index in [1.807, 2.05) is 18.3 Å². The zero-order valence-electron chi connectivity index (χ0n) is 14.0. The van der Waals surface area contributed by atoms with Gasteiger partial charge in [0.1, 0.15) is 0 Å². The number of nitrogens with one attached hydrogen (secondary N) is 1. The van der Waals surface area contributed by atoms with Gasteiger partial charge in [0.2, 0.25) is 0 Å². The van der Waals surface area contributed by atoms with Gasteiger partial charge in [0, 0.05) is 30.1 Å². The van der Waals surface area contributed by atoms with Gasteiger partial charge in [-0.15, -0.1) is 0 Å². The molecular weight excluding hydrogens is 350 g/mol. The molecule has 0 unspecified atom stereocenters. The molecule has 3 rings (SSSR count). The Bertz CT molecular complexity index is 999. The summed E-state index contributed by atoms with van der Waals surface area (Å²) in [5.74, 6) is -0.897. The third kappa shape index (κ3) is 4.54. The number of carbonyl (C=O) groups is 1. The molecule has 0 aliphatic rings. The van der Waals surface area contributed by atoms with Crippen LogP contribution in [0.2, 0.25) is 0 Å². The van der Waals surface area contributed by atoms with Crippen LogP contribution in [0.3, 0.4) is 0 Å². The highest BCUT2D eigenvalue weighted by Gasteiger charge is 2.07. The average Bonchev–Trinajstić information content (AvgIpc) is 3.16. The minimum atomic E-state index is -0.611. The standard InChI is InChI=1S/C18H15N5O4/c24-17-6-5-16(23(26)27)10-15(17)11-19-21-18(25)14-4-1-3-13(9-14)12-22-8-2-7-20-22/h1-11,24H,12H2,(H,21,25)/p-1/b19-11-. The van der Waals surface area contributed by atoms with Gasteiger partial charge < -0.3 is 5.11 Å². The second-order valence-corrected chi connectivity index (χ2v) is 5.58. The average molecular weight is 364 g/mol. The van der Waals surface area contributed by atoms with Gasteiger partial charge >= 0.3 is 0 Å². The molecule has 0 fully saturated rings. The van der Waals surface area contributed by atoms with Crippen molar-refractivity contribution in [3.8, 4) is 5.75 Å². The van der Waals surface area contributed by atoms with Crippen molar-refractivity contribution in [2.75, 3.05) is 0 Å². The van der Waals surface area contributed by atoms with E-state index in [1.54, 1.807) is 29.1 Å². The highest BCUT2D eigenvalue weighted by Crippen LogP contribution is 2.19. The number of non-ortho nitro benzene ring substituents is 1. The Morgan fingerprint density at radius 2 is 2.11 bits per heavy atom. The van der Waals surface area contributed by atoms with Crippen LogP contribution in [0.5, 0.6) is 5.75 Å². The molecule has 0 atom stereocenters. The van der Waals surface area contributed by atoms with Gasteiger partial charge in [0.05, 0.1) is 17.7 Å². The molecule has 0 saturated heterocycles. The first kappa shape index (κ1) is 17.8. The van der Waals surface area contributed by atoms with Crippen LogP contribution in [-0.4, -0.2) is 26.8 Å². The van der Waals surface area contributed by atoms with Gasteiger partial charge in [-0.05, 0) is 29.3 Å². The van der Waals surface area contributed by atoms with E-state index in [4.69, 9.17) is 0 Å². The number of nitro groups is 1. The molecule has 0 saturated carbocycles. The number of nitro benzene ring substituents is 1. The molecule has 0 spiro atoms. The Hall–Kier alpha value is -4.01. The van der Waals surface area contributed by atoms with E-state index in [2.05, 4.69) is 15.6 Å². The van der Waals surface area contributed by atoms with E-state index in [-0.39, 0.29) is 11.3 Å². The Morgan fingerprint density at radius 3 is 2.85 bits per heavy atom. The second kappa shape index (κ2) is 7.91. The van der Waals surface area contributed by atoms with Crippen molar-refractivity contribution in [3.05, 3.63) is 87.7 Å². The van der Waals surface area contributed by atoms with Crippen molar-refractivity contribution in [1.82, 2.24) is 15.2 Å². The van der Waals surface area contributed by atoms with Crippen LogP contribution in [0.4, 0.5) is 5.69 Å². The van der Waals surface area contributed by atoms with Crippen LogP contribution >= 0.6 is 0 Å². The van der Waals surface area contributed by atoms with Crippen molar-refractivity contribution in [1.29, 1.82) is 0 Å². The lowest BCUT2D eigenvalue weighted by molar-refractivity contribution is -0.385. The summed E-state index contributed by atoms with van der Waals surface area (Å²) in [6, 6.07) is 12.1. The van der Waals surface area contributed by atoms with Crippen LogP contribution in [0.1, 0.15) is 21.5 Å². The highest BCUT2D eigenvalue weighted by molar-refractivity contribution is 5.95. The third-order valence-corrected chi connectivity index (χ3v) is 3.67. The molecule has 2 aromatic carbocycles. The Morgan fingerprint density at radius 1 is 1.26 bits per heavy atom. The van der Waals surface area contributed by atoms with Gasteiger partial charge in [0.25, 0.3) is 11.6 Å². The van der Waals surface area contributed by atoms with Gasteiger partial charge in [0.15, 0.2) is 0 Å². The predicted molar refractivity (Wildman–Crippen MR) is 95.4 cm³/mol. The molecule has 0 bridgehead atoms. The van der Waals surface area contributed by atoms with Crippen LogP contribution in [-0.2, 0) is 6.54 Å². The fourth-order valence-electron chi connectivity index (χ4n) is 2.37. The maximum atomic E-state index is 12.2. The van der Waals surface area contributed by atoms with E-state index in [1.165, 1.54) is 0 Å². The number of hydrogen-bond donors (Lipinski definition) is 1. The summed E-state index contributed by atoms with van der Waals surface area (Å²) in [5.41, 5.74) is 3.36. The zero-order valence-corrected chi connectivity index (χ0v) is 14.0. The van der Waals surface area contributed by atoms with Crippen LogP contribution in [0.25, 0.3) is 0 Å². The Kier molecular flexibility index (Phi) is 5.22. The van der Waals surface area contributed by atoms with Gasteiger partial charge in [-0.2, -0.15) is 10.2 Å². The van der Waals surface area contributed by atoms with Crippen LogP contribution in [0, 0.1) is 10.1 Å². The molecule has 9 nitrogen and oxygen atoms in total. The Labute approximate surface area is 153 Å². The first-order valence-electron chi connectivity index (χ1n) is 7.88. The molecule has 3 aromatic rings. The van der Waals surface area contributed by atoms with E-state index >= 15 is 0 Å². The first-order chi connectivity index (χ1) is 13.0. The maximum Gasteiger partial charge on any atom is 0.271 e. The first-order valence-corrected chi connectivity index (χ1v) is 7.88. The lowest BCUT2D eigenvalue weighted by atomic mass is 10.1. The Balaban J connectivity index is 1.68. The number of rotatable bonds is 6. The zero-order chi connectivity index (χ0) is 19.2. The number of nitrogens with zero attached hydrogens (tertiary/aromatic N) is 4. The third-order valence-electron chi connectivity index (χ3n) is 3.67. The number of amides is 1. The molecule has 1 amide bonds. The summed E-state index contributed by atoms with van der Waals surface area (Å²) < 4.78 is 1.73. The lowest BCUT2D eigenvalue weighted by Crippen LogP contribution is -2.18. The molecule has 1 N–H and O–H groups in total. The molecule has 136 valence electrons. The smallest absolute Gasteiger partial charge is 0.271 e. The predicted octanol–water partition coefficient (Wildman–Crippen LogP) is 1.68. The SMILES string of the molecule is O=C(N/N=C\c1cc([N+](=O)[O-])ccc1[O-])c1cccc(Cn2cccn2)c1. The number of hydrogen-bond acceptors (Lipinski definition) is 6. The second-order valence-electron chi connectivity index (χ2n) is 5.58. The summed E-state index contributed by atoms with van der Waals surface area (Å²) in [5, 5.41) is 30.3. The normalized spacial score (nSPS) is 10.8. The van der Waals surface area contributed by atoms with Gasteiger partial charge in [-0.3, -0.25) is 19.6 Å². The largest absolute Gasteiger partial charge is 0.872 e. The van der Waals surface area contributed by atoms with Crippen molar-refractivity contribution < 1.29 is 14.8 Å². The molecule has 0 radical (unpaired) electrons. The molecule has 1 aromatic heterocycles. The molecular formula is C18H14N5O4-. The topological polar surface area (TPSA) is 125 Å². The fraction of sp³-hybridized carbons (Fsp3) is 0.0556. The molecule has 9 heteroatoms. The van der Waals surface area contributed by atoms with Gasteiger partial charge in [-0.1, -0.05) is 23.9 Å². The molecule has 27 heavy (non-hydrogen) atoms. The number of aromatic nitrogens is 2. The van der Waals surface area contributed by atoms with Crippen molar-refractivity contribution >= 4 is 17.8 Å².